The first-order chi connectivity index (χ1) is 9.78. The van der Waals surface area contributed by atoms with Crippen LogP contribution in [0.4, 0.5) is 0 Å². The van der Waals surface area contributed by atoms with Crippen LogP contribution in [0.3, 0.4) is 0 Å². The van der Waals surface area contributed by atoms with Crippen LogP contribution in [0.2, 0.25) is 0 Å². The summed E-state index contributed by atoms with van der Waals surface area (Å²) in [7, 11) is 2.00. The third-order valence-electron chi connectivity index (χ3n) is 3.72. The van der Waals surface area contributed by atoms with Gasteiger partial charge >= 0.3 is 0 Å². The Balaban J connectivity index is 2.23. The van der Waals surface area contributed by atoms with E-state index >= 15 is 0 Å². The number of likely N-dealkylation sites (N-methyl/N-ethyl adjacent to an activating group) is 1. The first-order valence-electron chi connectivity index (χ1n) is 7.55. The second kappa shape index (κ2) is 7.25. The number of aryl methyl sites for hydroxylation is 2. The molecule has 2 aromatic rings. The number of aromatic nitrogens is 2. The van der Waals surface area contributed by atoms with Gasteiger partial charge in [-0.2, -0.15) is 5.10 Å². The number of hydrogen-bond donors (Lipinski definition) is 1. The normalized spacial score (nSPS) is 10.9. The SMILES string of the molecule is CCc1cc(CC)n(Cc2ccccc2CCNC)n1. The fourth-order valence-corrected chi connectivity index (χ4v) is 2.49. The molecule has 0 unspecified atom stereocenters. The van der Waals surface area contributed by atoms with Gasteiger partial charge in [-0.25, -0.2) is 0 Å². The van der Waals surface area contributed by atoms with Crippen molar-refractivity contribution in [2.24, 2.45) is 0 Å². The fraction of sp³-hybridized carbons (Fsp3) is 0.471. The highest BCUT2D eigenvalue weighted by Crippen LogP contribution is 2.14. The molecule has 108 valence electrons. The molecule has 0 saturated heterocycles. The van der Waals surface area contributed by atoms with E-state index < -0.39 is 0 Å². The van der Waals surface area contributed by atoms with Crippen molar-refractivity contribution in [3.63, 3.8) is 0 Å². The summed E-state index contributed by atoms with van der Waals surface area (Å²) in [6, 6.07) is 10.9. The van der Waals surface area contributed by atoms with Crippen LogP contribution in [0.15, 0.2) is 30.3 Å². The lowest BCUT2D eigenvalue weighted by molar-refractivity contribution is 0.634. The highest BCUT2D eigenvalue weighted by molar-refractivity contribution is 5.28. The summed E-state index contributed by atoms with van der Waals surface area (Å²) in [5.74, 6) is 0. The number of rotatable bonds is 7. The van der Waals surface area contributed by atoms with E-state index in [0.29, 0.717) is 0 Å². The average molecular weight is 271 g/mol. The summed E-state index contributed by atoms with van der Waals surface area (Å²) in [5.41, 5.74) is 5.31. The minimum Gasteiger partial charge on any atom is -0.319 e. The van der Waals surface area contributed by atoms with Gasteiger partial charge in [-0.1, -0.05) is 38.1 Å². The second-order valence-corrected chi connectivity index (χ2v) is 5.11. The monoisotopic (exact) mass is 271 g/mol. The predicted octanol–water partition coefficient (Wildman–Crippen LogP) is 2.82. The third kappa shape index (κ3) is 3.48. The Labute approximate surface area is 122 Å². The van der Waals surface area contributed by atoms with E-state index in [1.165, 1.54) is 22.5 Å². The molecule has 0 spiro atoms. The van der Waals surface area contributed by atoms with Crippen LogP contribution in [-0.2, 0) is 25.8 Å². The predicted molar refractivity (Wildman–Crippen MR) is 84.2 cm³/mol. The maximum absolute atomic E-state index is 4.72. The molecular formula is C17H25N3. The Bertz CT molecular complexity index is 543. The highest BCUT2D eigenvalue weighted by atomic mass is 15.3. The molecule has 0 aliphatic rings. The summed E-state index contributed by atoms with van der Waals surface area (Å²) in [6.07, 6.45) is 3.10. The second-order valence-electron chi connectivity index (χ2n) is 5.11. The zero-order valence-corrected chi connectivity index (χ0v) is 12.8. The summed E-state index contributed by atoms with van der Waals surface area (Å²) in [4.78, 5) is 0. The Hall–Kier alpha value is -1.61. The Morgan fingerprint density at radius 1 is 1.10 bits per heavy atom. The van der Waals surface area contributed by atoms with Crippen molar-refractivity contribution < 1.29 is 0 Å². The maximum Gasteiger partial charge on any atom is 0.0665 e. The number of benzene rings is 1. The minimum absolute atomic E-state index is 0.878. The smallest absolute Gasteiger partial charge is 0.0665 e. The Morgan fingerprint density at radius 3 is 2.50 bits per heavy atom. The average Bonchev–Trinajstić information content (AvgIpc) is 2.88. The van der Waals surface area contributed by atoms with E-state index in [2.05, 4.69) is 54.2 Å². The molecule has 3 heteroatoms. The Kier molecular flexibility index (Phi) is 5.36. The van der Waals surface area contributed by atoms with E-state index in [1.54, 1.807) is 0 Å². The summed E-state index contributed by atoms with van der Waals surface area (Å²) in [6.45, 7) is 6.24. The molecule has 2 rings (SSSR count). The van der Waals surface area contributed by atoms with Crippen LogP contribution in [0, 0.1) is 0 Å². The van der Waals surface area contributed by atoms with Crippen LogP contribution in [-0.4, -0.2) is 23.4 Å². The first-order valence-corrected chi connectivity index (χ1v) is 7.55. The molecule has 0 bridgehead atoms. The fourth-order valence-electron chi connectivity index (χ4n) is 2.49. The van der Waals surface area contributed by atoms with Crippen LogP contribution >= 0.6 is 0 Å². The van der Waals surface area contributed by atoms with Crippen molar-refractivity contribution >= 4 is 0 Å². The van der Waals surface area contributed by atoms with Crippen molar-refractivity contribution in [3.8, 4) is 0 Å². The molecule has 0 aliphatic carbocycles. The lowest BCUT2D eigenvalue weighted by Crippen LogP contribution is -2.13. The molecule has 0 radical (unpaired) electrons. The maximum atomic E-state index is 4.72. The van der Waals surface area contributed by atoms with Crippen molar-refractivity contribution in [3.05, 3.63) is 52.8 Å². The summed E-state index contributed by atoms with van der Waals surface area (Å²) < 4.78 is 2.16. The van der Waals surface area contributed by atoms with Gasteiger partial charge in [0.2, 0.25) is 0 Å². The standard InChI is InChI=1S/C17H25N3/c1-4-16-12-17(5-2)20(19-16)13-15-9-7-6-8-14(15)10-11-18-3/h6-9,12,18H,4-5,10-11,13H2,1-3H3. The van der Waals surface area contributed by atoms with E-state index in [1.807, 2.05) is 7.05 Å². The number of hydrogen-bond acceptors (Lipinski definition) is 2. The van der Waals surface area contributed by atoms with Gasteiger partial charge in [0.15, 0.2) is 0 Å². The van der Waals surface area contributed by atoms with Gasteiger partial charge in [-0.15, -0.1) is 0 Å². The molecule has 0 atom stereocenters. The van der Waals surface area contributed by atoms with E-state index in [9.17, 15) is 0 Å². The quantitative estimate of drug-likeness (QED) is 0.839. The van der Waals surface area contributed by atoms with Crippen LogP contribution in [0.1, 0.15) is 36.4 Å². The van der Waals surface area contributed by atoms with Crippen molar-refractivity contribution in [1.82, 2.24) is 15.1 Å². The zero-order valence-electron chi connectivity index (χ0n) is 12.8. The third-order valence-corrected chi connectivity index (χ3v) is 3.72. The molecule has 0 fully saturated rings. The zero-order chi connectivity index (χ0) is 14.4. The minimum atomic E-state index is 0.878. The highest BCUT2D eigenvalue weighted by Gasteiger charge is 2.08. The molecule has 3 nitrogen and oxygen atoms in total. The van der Waals surface area contributed by atoms with Gasteiger partial charge < -0.3 is 5.32 Å². The van der Waals surface area contributed by atoms with Gasteiger partial charge in [0.1, 0.15) is 0 Å². The van der Waals surface area contributed by atoms with Gasteiger partial charge in [0, 0.05) is 5.69 Å². The van der Waals surface area contributed by atoms with Crippen LogP contribution in [0.5, 0.6) is 0 Å². The van der Waals surface area contributed by atoms with Crippen molar-refractivity contribution in [2.75, 3.05) is 13.6 Å². The largest absolute Gasteiger partial charge is 0.319 e. The molecule has 1 heterocycles. The summed E-state index contributed by atoms with van der Waals surface area (Å²) in [5, 5.41) is 7.94. The van der Waals surface area contributed by atoms with Crippen molar-refractivity contribution in [1.29, 1.82) is 0 Å². The topological polar surface area (TPSA) is 29.9 Å². The summed E-state index contributed by atoms with van der Waals surface area (Å²) >= 11 is 0. The molecule has 0 saturated carbocycles. The lowest BCUT2D eigenvalue weighted by atomic mass is 10.0. The molecule has 0 aliphatic heterocycles. The molecule has 1 aromatic heterocycles. The van der Waals surface area contributed by atoms with E-state index in [-0.39, 0.29) is 0 Å². The van der Waals surface area contributed by atoms with Gasteiger partial charge in [0.25, 0.3) is 0 Å². The molecular weight excluding hydrogens is 246 g/mol. The number of nitrogens with zero attached hydrogens (tertiary/aromatic N) is 2. The van der Waals surface area contributed by atoms with Crippen molar-refractivity contribution in [2.45, 2.75) is 39.7 Å². The van der Waals surface area contributed by atoms with E-state index in [0.717, 1.165) is 32.4 Å². The van der Waals surface area contributed by atoms with Gasteiger partial charge in [-0.05, 0) is 50.0 Å². The Morgan fingerprint density at radius 2 is 1.85 bits per heavy atom. The van der Waals surface area contributed by atoms with E-state index in [4.69, 9.17) is 5.10 Å². The van der Waals surface area contributed by atoms with Gasteiger partial charge in [-0.3, -0.25) is 4.68 Å². The number of nitrogens with one attached hydrogen (secondary N) is 1. The molecule has 1 N–H and O–H groups in total. The lowest BCUT2D eigenvalue weighted by Gasteiger charge is -2.11. The molecule has 0 amide bonds. The molecule has 20 heavy (non-hydrogen) atoms. The van der Waals surface area contributed by atoms with Crippen LogP contribution in [0.25, 0.3) is 0 Å². The van der Waals surface area contributed by atoms with Gasteiger partial charge in [0.05, 0.1) is 12.2 Å². The molecule has 1 aromatic carbocycles. The van der Waals surface area contributed by atoms with Crippen LogP contribution < -0.4 is 5.32 Å². The first kappa shape index (κ1) is 14.8.